The van der Waals surface area contributed by atoms with E-state index in [2.05, 4.69) is 51.2 Å². The van der Waals surface area contributed by atoms with Crippen molar-refractivity contribution < 1.29 is 4.74 Å². The lowest BCUT2D eigenvalue weighted by Crippen LogP contribution is -2.31. The summed E-state index contributed by atoms with van der Waals surface area (Å²) in [5, 5.41) is 3.60. The van der Waals surface area contributed by atoms with E-state index < -0.39 is 0 Å². The second-order valence-electron chi connectivity index (χ2n) is 5.23. The highest BCUT2D eigenvalue weighted by molar-refractivity contribution is 5.41. The van der Waals surface area contributed by atoms with E-state index in [0.29, 0.717) is 12.0 Å². The van der Waals surface area contributed by atoms with Crippen LogP contribution in [0, 0.1) is 0 Å². The Kier molecular flexibility index (Phi) is 3.72. The molecule has 0 fully saturated rings. The molecule has 0 saturated heterocycles. The Morgan fingerprint density at radius 3 is 2.76 bits per heavy atom. The minimum atomic E-state index is 0.238. The first-order valence-electron chi connectivity index (χ1n) is 6.65. The van der Waals surface area contributed by atoms with Gasteiger partial charge in [0.2, 0.25) is 0 Å². The fourth-order valence-electron chi connectivity index (χ4n) is 2.55. The predicted octanol–water partition coefficient (Wildman–Crippen LogP) is 3.63. The zero-order chi connectivity index (χ0) is 12.4. The zero-order valence-corrected chi connectivity index (χ0v) is 11.3. The number of ether oxygens (including phenoxy) is 1. The highest BCUT2D eigenvalue weighted by Crippen LogP contribution is 2.34. The van der Waals surface area contributed by atoms with Gasteiger partial charge >= 0.3 is 0 Å². The highest BCUT2D eigenvalue weighted by Gasteiger charge is 2.23. The molecule has 2 atom stereocenters. The van der Waals surface area contributed by atoms with Gasteiger partial charge in [0.25, 0.3) is 0 Å². The summed E-state index contributed by atoms with van der Waals surface area (Å²) in [4.78, 5) is 0. The van der Waals surface area contributed by atoms with Crippen molar-refractivity contribution >= 4 is 0 Å². The third kappa shape index (κ3) is 2.63. The normalized spacial score (nSPS) is 23.6. The Bertz CT molecular complexity index is 387. The Hall–Kier alpha value is -1.02. The van der Waals surface area contributed by atoms with Gasteiger partial charge in [-0.25, -0.2) is 0 Å². The maximum atomic E-state index is 5.78. The molecule has 2 heteroatoms. The Labute approximate surface area is 104 Å². The number of nitrogens with one attached hydrogen (secondary N) is 1. The first kappa shape index (κ1) is 12.4. The maximum absolute atomic E-state index is 5.78. The van der Waals surface area contributed by atoms with Crippen molar-refractivity contribution in [1.82, 2.24) is 5.32 Å². The van der Waals surface area contributed by atoms with Crippen molar-refractivity contribution in [2.75, 3.05) is 6.54 Å². The third-order valence-corrected chi connectivity index (χ3v) is 3.42. The van der Waals surface area contributed by atoms with Gasteiger partial charge in [0.15, 0.2) is 0 Å². The first-order chi connectivity index (χ1) is 8.11. The van der Waals surface area contributed by atoms with E-state index in [-0.39, 0.29) is 6.10 Å². The van der Waals surface area contributed by atoms with Gasteiger partial charge in [-0.3, -0.25) is 0 Å². The lowest BCUT2D eigenvalue weighted by molar-refractivity contribution is 0.241. The van der Waals surface area contributed by atoms with E-state index in [4.69, 9.17) is 4.74 Å². The smallest absolute Gasteiger partial charge is 0.120 e. The molecule has 1 aromatic rings. The van der Waals surface area contributed by atoms with Crippen molar-refractivity contribution in [2.24, 2.45) is 0 Å². The van der Waals surface area contributed by atoms with Crippen LogP contribution in [-0.2, 0) is 0 Å². The Morgan fingerprint density at radius 2 is 2.12 bits per heavy atom. The highest BCUT2D eigenvalue weighted by atomic mass is 16.5. The van der Waals surface area contributed by atoms with Crippen LogP contribution in [0.2, 0.25) is 0 Å². The second kappa shape index (κ2) is 5.09. The van der Waals surface area contributed by atoms with Crippen LogP contribution in [0.25, 0.3) is 0 Å². The largest absolute Gasteiger partial charge is 0.491 e. The van der Waals surface area contributed by atoms with Gasteiger partial charge in [-0.05, 0) is 49.4 Å². The number of hydrogen-bond acceptors (Lipinski definition) is 2. The standard InChI is InChI=1S/C15H23NO/c1-5-15-14-8-12(17-10(2)3)6-7-13(14)11(4)9-16-15/h6-8,10-11,15-16H,5,9H2,1-4H3. The van der Waals surface area contributed by atoms with E-state index in [1.54, 1.807) is 0 Å². The lowest BCUT2D eigenvalue weighted by Gasteiger charge is -2.31. The SMILES string of the molecule is CCC1NCC(C)c2ccc(OC(C)C)cc21. The summed E-state index contributed by atoms with van der Waals surface area (Å²) in [6.45, 7) is 9.72. The molecule has 1 aliphatic heterocycles. The van der Waals surface area contributed by atoms with E-state index in [9.17, 15) is 0 Å². The van der Waals surface area contributed by atoms with Crippen LogP contribution in [-0.4, -0.2) is 12.6 Å². The number of benzene rings is 1. The van der Waals surface area contributed by atoms with Gasteiger partial charge in [0, 0.05) is 12.6 Å². The summed E-state index contributed by atoms with van der Waals surface area (Å²) in [6.07, 6.45) is 1.37. The molecule has 17 heavy (non-hydrogen) atoms. The minimum Gasteiger partial charge on any atom is -0.491 e. The molecule has 1 aromatic carbocycles. The molecule has 2 unspecified atom stereocenters. The lowest BCUT2D eigenvalue weighted by atomic mass is 9.86. The molecule has 2 nitrogen and oxygen atoms in total. The molecule has 0 amide bonds. The average Bonchev–Trinajstić information content (AvgIpc) is 2.29. The minimum absolute atomic E-state index is 0.238. The molecular formula is C15H23NO. The third-order valence-electron chi connectivity index (χ3n) is 3.42. The molecule has 1 aliphatic rings. The van der Waals surface area contributed by atoms with E-state index in [1.807, 2.05) is 0 Å². The monoisotopic (exact) mass is 233 g/mol. The van der Waals surface area contributed by atoms with Crippen molar-refractivity contribution in [1.29, 1.82) is 0 Å². The van der Waals surface area contributed by atoms with Crippen molar-refractivity contribution in [3.63, 3.8) is 0 Å². The molecule has 94 valence electrons. The Balaban J connectivity index is 2.33. The molecule has 0 spiro atoms. The fraction of sp³-hybridized carbons (Fsp3) is 0.600. The molecule has 0 bridgehead atoms. The molecular weight excluding hydrogens is 210 g/mol. The van der Waals surface area contributed by atoms with Crippen LogP contribution < -0.4 is 10.1 Å². The zero-order valence-electron chi connectivity index (χ0n) is 11.3. The quantitative estimate of drug-likeness (QED) is 0.860. The van der Waals surface area contributed by atoms with Gasteiger partial charge in [-0.2, -0.15) is 0 Å². The summed E-state index contributed by atoms with van der Waals surface area (Å²) in [5.41, 5.74) is 2.90. The molecule has 0 radical (unpaired) electrons. The van der Waals surface area contributed by atoms with Gasteiger partial charge in [0.1, 0.15) is 5.75 Å². The summed E-state index contributed by atoms with van der Waals surface area (Å²) in [6, 6.07) is 7.04. The van der Waals surface area contributed by atoms with E-state index in [1.165, 1.54) is 11.1 Å². The van der Waals surface area contributed by atoms with Crippen molar-refractivity contribution in [2.45, 2.75) is 52.2 Å². The number of rotatable bonds is 3. The van der Waals surface area contributed by atoms with Crippen LogP contribution in [0.4, 0.5) is 0 Å². The van der Waals surface area contributed by atoms with Crippen LogP contribution in [0.15, 0.2) is 18.2 Å². The maximum Gasteiger partial charge on any atom is 0.120 e. The van der Waals surface area contributed by atoms with E-state index >= 15 is 0 Å². The van der Waals surface area contributed by atoms with Crippen LogP contribution in [0.3, 0.4) is 0 Å². The fourth-order valence-corrected chi connectivity index (χ4v) is 2.55. The van der Waals surface area contributed by atoms with Gasteiger partial charge in [0.05, 0.1) is 6.10 Å². The van der Waals surface area contributed by atoms with Crippen LogP contribution in [0.1, 0.15) is 57.2 Å². The Morgan fingerprint density at radius 1 is 1.35 bits per heavy atom. The van der Waals surface area contributed by atoms with Gasteiger partial charge in [-0.15, -0.1) is 0 Å². The van der Waals surface area contributed by atoms with Crippen molar-refractivity contribution in [3.05, 3.63) is 29.3 Å². The second-order valence-corrected chi connectivity index (χ2v) is 5.23. The molecule has 1 N–H and O–H groups in total. The summed E-state index contributed by atoms with van der Waals surface area (Å²) in [5.74, 6) is 1.59. The molecule has 0 aromatic heterocycles. The topological polar surface area (TPSA) is 21.3 Å². The molecule has 0 aliphatic carbocycles. The number of fused-ring (bicyclic) bond motifs is 1. The molecule has 1 heterocycles. The summed E-state index contributed by atoms with van der Waals surface area (Å²) >= 11 is 0. The van der Waals surface area contributed by atoms with Crippen LogP contribution >= 0.6 is 0 Å². The molecule has 0 saturated carbocycles. The first-order valence-corrected chi connectivity index (χ1v) is 6.65. The van der Waals surface area contributed by atoms with Crippen molar-refractivity contribution in [3.8, 4) is 5.75 Å². The van der Waals surface area contributed by atoms with Gasteiger partial charge in [-0.1, -0.05) is 19.9 Å². The average molecular weight is 233 g/mol. The van der Waals surface area contributed by atoms with Crippen LogP contribution in [0.5, 0.6) is 5.75 Å². The van der Waals surface area contributed by atoms with Gasteiger partial charge < -0.3 is 10.1 Å². The number of hydrogen-bond donors (Lipinski definition) is 1. The molecule has 2 rings (SSSR count). The predicted molar refractivity (Wildman–Crippen MR) is 71.7 cm³/mol. The van der Waals surface area contributed by atoms with E-state index in [0.717, 1.165) is 18.7 Å². The summed E-state index contributed by atoms with van der Waals surface area (Å²) in [7, 11) is 0. The summed E-state index contributed by atoms with van der Waals surface area (Å²) < 4.78 is 5.78.